The van der Waals surface area contributed by atoms with Gasteiger partial charge in [0.05, 0.1) is 12.8 Å². The number of hydrogen-bond donors (Lipinski definition) is 1. The zero-order chi connectivity index (χ0) is 15.9. The zero-order valence-corrected chi connectivity index (χ0v) is 13.0. The molecule has 0 saturated carbocycles. The summed E-state index contributed by atoms with van der Waals surface area (Å²) in [7, 11) is 1.54. The molecule has 1 amide bonds. The molecule has 1 heterocycles. The first-order valence-corrected chi connectivity index (χ1v) is 7.44. The average Bonchev–Trinajstić information content (AvgIpc) is 2.54. The zero-order valence-electron chi connectivity index (χ0n) is 13.0. The summed E-state index contributed by atoms with van der Waals surface area (Å²) in [6.07, 6.45) is 3.84. The first-order chi connectivity index (χ1) is 10.6. The molecule has 5 nitrogen and oxygen atoms in total. The maximum atomic E-state index is 12.3. The molecule has 116 valence electrons. The Bertz CT molecular complexity index is 596. The number of nitriles is 1. The fourth-order valence-electron chi connectivity index (χ4n) is 2.42. The number of likely N-dealkylation sites (tertiary alicyclic amines) is 1. The molecule has 22 heavy (non-hydrogen) atoms. The van der Waals surface area contributed by atoms with E-state index in [9.17, 15) is 10.1 Å². The van der Waals surface area contributed by atoms with Crippen molar-refractivity contribution in [3.05, 3.63) is 36.0 Å². The van der Waals surface area contributed by atoms with Gasteiger partial charge in [-0.25, -0.2) is 0 Å². The molecule has 0 spiro atoms. The van der Waals surface area contributed by atoms with Crippen LogP contribution in [0.25, 0.3) is 0 Å². The van der Waals surface area contributed by atoms with E-state index in [1.54, 1.807) is 31.5 Å². The molecule has 2 rings (SSSR count). The average molecular weight is 299 g/mol. The Morgan fingerprint density at radius 2 is 2.09 bits per heavy atom. The van der Waals surface area contributed by atoms with Gasteiger partial charge in [-0.3, -0.25) is 4.79 Å². The van der Waals surface area contributed by atoms with Crippen LogP contribution in [0.4, 0.5) is 5.69 Å². The largest absolute Gasteiger partial charge is 0.495 e. The van der Waals surface area contributed by atoms with Gasteiger partial charge in [0.2, 0.25) is 0 Å². The molecule has 1 aromatic rings. The molecule has 0 aromatic heterocycles. The Hall–Kier alpha value is -2.48. The predicted molar refractivity (Wildman–Crippen MR) is 85.3 cm³/mol. The molecule has 0 radical (unpaired) electrons. The van der Waals surface area contributed by atoms with Crippen molar-refractivity contribution in [3.8, 4) is 11.8 Å². The number of rotatable bonds is 4. The van der Waals surface area contributed by atoms with Crippen LogP contribution < -0.4 is 10.1 Å². The summed E-state index contributed by atoms with van der Waals surface area (Å²) in [5, 5.41) is 12.0. The molecule has 1 aromatic carbocycles. The van der Waals surface area contributed by atoms with Gasteiger partial charge in [-0.2, -0.15) is 5.26 Å². The summed E-state index contributed by atoms with van der Waals surface area (Å²) in [5.41, 5.74) is 0.670. The van der Waals surface area contributed by atoms with Crippen molar-refractivity contribution in [2.45, 2.75) is 19.8 Å². The van der Waals surface area contributed by atoms with Crippen LogP contribution in [0, 0.1) is 17.2 Å². The maximum Gasteiger partial charge on any atom is 0.267 e. The summed E-state index contributed by atoms with van der Waals surface area (Å²) in [4.78, 5) is 14.3. The first kappa shape index (κ1) is 15.9. The van der Waals surface area contributed by atoms with Crippen LogP contribution in [0.5, 0.6) is 5.75 Å². The van der Waals surface area contributed by atoms with E-state index in [1.165, 1.54) is 0 Å². The van der Waals surface area contributed by atoms with E-state index in [2.05, 4.69) is 12.2 Å². The van der Waals surface area contributed by atoms with Gasteiger partial charge in [0, 0.05) is 19.3 Å². The number of nitrogens with zero attached hydrogens (tertiary/aromatic N) is 2. The van der Waals surface area contributed by atoms with E-state index >= 15 is 0 Å². The maximum absolute atomic E-state index is 12.3. The Morgan fingerprint density at radius 3 is 2.73 bits per heavy atom. The normalized spacial score (nSPS) is 16.0. The van der Waals surface area contributed by atoms with Gasteiger partial charge >= 0.3 is 0 Å². The van der Waals surface area contributed by atoms with Crippen LogP contribution in [0.1, 0.15) is 19.8 Å². The van der Waals surface area contributed by atoms with E-state index in [1.807, 2.05) is 17.0 Å². The number of nitrogens with one attached hydrogen (secondary N) is 1. The van der Waals surface area contributed by atoms with E-state index < -0.39 is 5.91 Å². The molecular weight excluding hydrogens is 278 g/mol. The van der Waals surface area contributed by atoms with Crippen molar-refractivity contribution in [2.75, 3.05) is 25.5 Å². The summed E-state index contributed by atoms with van der Waals surface area (Å²) in [6.45, 7) is 3.99. The Kier molecular flexibility index (Phi) is 5.42. The quantitative estimate of drug-likeness (QED) is 0.686. The lowest BCUT2D eigenvalue weighted by atomic mass is 9.99. The molecule has 1 fully saturated rings. The van der Waals surface area contributed by atoms with E-state index in [0.717, 1.165) is 25.9 Å². The number of carbonyl (C=O) groups is 1. The number of para-hydroxylation sites is 2. The highest BCUT2D eigenvalue weighted by atomic mass is 16.5. The summed E-state index contributed by atoms with van der Waals surface area (Å²) in [6, 6.07) is 9.12. The third-order valence-electron chi connectivity index (χ3n) is 3.85. The van der Waals surface area contributed by atoms with Crippen LogP contribution in [-0.4, -0.2) is 31.0 Å². The van der Waals surface area contributed by atoms with Crippen molar-refractivity contribution < 1.29 is 9.53 Å². The minimum Gasteiger partial charge on any atom is -0.495 e. The van der Waals surface area contributed by atoms with Gasteiger partial charge in [0.15, 0.2) is 0 Å². The Labute approximate surface area is 131 Å². The molecule has 0 aliphatic carbocycles. The second-order valence-corrected chi connectivity index (χ2v) is 5.53. The SMILES string of the molecule is COc1ccccc1NC(=O)/C(C#N)=C\N1CCC(C)CC1. The Balaban J connectivity index is 2.07. The first-order valence-electron chi connectivity index (χ1n) is 7.44. The minimum atomic E-state index is -0.411. The number of methoxy groups -OCH3 is 1. The van der Waals surface area contributed by atoms with Crippen molar-refractivity contribution in [1.29, 1.82) is 5.26 Å². The summed E-state index contributed by atoms with van der Waals surface area (Å²) in [5.74, 6) is 0.864. The Morgan fingerprint density at radius 1 is 1.41 bits per heavy atom. The van der Waals surface area contributed by atoms with E-state index in [-0.39, 0.29) is 5.57 Å². The number of benzene rings is 1. The van der Waals surface area contributed by atoms with Gasteiger partial charge in [-0.05, 0) is 30.9 Å². The van der Waals surface area contributed by atoms with Gasteiger partial charge in [-0.1, -0.05) is 19.1 Å². The number of ether oxygens (including phenoxy) is 1. The van der Waals surface area contributed by atoms with Crippen LogP contribution in [0.3, 0.4) is 0 Å². The second-order valence-electron chi connectivity index (χ2n) is 5.53. The van der Waals surface area contributed by atoms with Crippen LogP contribution in [0.2, 0.25) is 0 Å². The lowest BCUT2D eigenvalue weighted by molar-refractivity contribution is -0.112. The standard InChI is InChI=1S/C17H21N3O2/c1-13-7-9-20(10-8-13)12-14(11-18)17(21)19-15-5-3-4-6-16(15)22-2/h3-6,12-13H,7-10H2,1-2H3,(H,19,21)/b14-12-. The third-order valence-corrected chi connectivity index (χ3v) is 3.85. The number of carbonyl (C=O) groups excluding carboxylic acids is 1. The van der Waals surface area contributed by atoms with Crippen LogP contribution >= 0.6 is 0 Å². The molecule has 1 N–H and O–H groups in total. The summed E-state index contributed by atoms with van der Waals surface area (Å²) >= 11 is 0. The molecule has 1 aliphatic heterocycles. The molecule has 5 heteroatoms. The van der Waals surface area contributed by atoms with E-state index in [4.69, 9.17) is 4.74 Å². The van der Waals surface area contributed by atoms with Gasteiger partial charge in [0.25, 0.3) is 5.91 Å². The highest BCUT2D eigenvalue weighted by Gasteiger charge is 2.17. The van der Waals surface area contributed by atoms with E-state index in [0.29, 0.717) is 17.4 Å². The second kappa shape index (κ2) is 7.51. The molecule has 0 bridgehead atoms. The van der Waals surface area contributed by atoms with Crippen LogP contribution in [0.15, 0.2) is 36.0 Å². The topological polar surface area (TPSA) is 65.4 Å². The van der Waals surface area contributed by atoms with Gasteiger partial charge in [0.1, 0.15) is 17.4 Å². The molecule has 0 unspecified atom stereocenters. The lowest BCUT2D eigenvalue weighted by Crippen LogP contribution is -2.29. The molecule has 1 saturated heterocycles. The van der Waals surface area contributed by atoms with Crippen LogP contribution in [-0.2, 0) is 4.79 Å². The highest BCUT2D eigenvalue weighted by Crippen LogP contribution is 2.23. The van der Waals surface area contributed by atoms with Crippen molar-refractivity contribution in [3.63, 3.8) is 0 Å². The van der Waals surface area contributed by atoms with Crippen molar-refractivity contribution >= 4 is 11.6 Å². The monoisotopic (exact) mass is 299 g/mol. The fraction of sp³-hybridized carbons (Fsp3) is 0.412. The van der Waals surface area contributed by atoms with Crippen molar-refractivity contribution in [1.82, 2.24) is 4.90 Å². The lowest BCUT2D eigenvalue weighted by Gasteiger charge is -2.29. The fourth-order valence-corrected chi connectivity index (χ4v) is 2.42. The smallest absolute Gasteiger partial charge is 0.267 e. The molecular formula is C17H21N3O2. The van der Waals surface area contributed by atoms with Gasteiger partial charge in [-0.15, -0.1) is 0 Å². The molecule has 0 atom stereocenters. The number of piperidine rings is 1. The summed E-state index contributed by atoms with van der Waals surface area (Å²) < 4.78 is 5.19. The predicted octanol–water partition coefficient (Wildman–Crippen LogP) is 2.77. The third kappa shape index (κ3) is 4.01. The van der Waals surface area contributed by atoms with Crippen molar-refractivity contribution in [2.24, 2.45) is 5.92 Å². The highest BCUT2D eigenvalue weighted by molar-refractivity contribution is 6.07. The molecule has 1 aliphatic rings. The van der Waals surface area contributed by atoms with Gasteiger partial charge < -0.3 is 15.0 Å². The number of amides is 1. The minimum absolute atomic E-state index is 0.112. The number of hydrogen-bond acceptors (Lipinski definition) is 4. The number of anilines is 1.